The van der Waals surface area contributed by atoms with Crippen molar-refractivity contribution in [2.24, 2.45) is 23.5 Å². The van der Waals surface area contributed by atoms with Crippen molar-refractivity contribution in [3.05, 3.63) is 65.9 Å². The Morgan fingerprint density at radius 1 is 0.900 bits per heavy atom. The lowest BCUT2D eigenvalue weighted by atomic mass is 9.96. The number of piperidine rings is 2. The molecule has 4 aliphatic rings. The topological polar surface area (TPSA) is 137 Å². The molecule has 50 heavy (non-hydrogen) atoms. The molecule has 2 amide bonds. The molecule has 3 atom stereocenters. The number of amides is 2. The van der Waals surface area contributed by atoms with Gasteiger partial charge in [0.25, 0.3) is 11.8 Å². The van der Waals surface area contributed by atoms with E-state index in [0.717, 1.165) is 65.8 Å². The van der Waals surface area contributed by atoms with Crippen molar-refractivity contribution in [1.82, 2.24) is 38.9 Å². The van der Waals surface area contributed by atoms with Crippen molar-refractivity contribution in [2.45, 2.75) is 70.6 Å². The first-order valence-corrected chi connectivity index (χ1v) is 18.0. The Morgan fingerprint density at radius 2 is 1.70 bits per heavy atom. The van der Waals surface area contributed by atoms with Crippen molar-refractivity contribution in [3.63, 3.8) is 0 Å². The van der Waals surface area contributed by atoms with Gasteiger partial charge in [-0.3, -0.25) is 9.59 Å². The van der Waals surface area contributed by atoms with Crippen LogP contribution in [0.25, 0.3) is 33.6 Å². The van der Waals surface area contributed by atoms with E-state index < -0.39 is 0 Å². The number of hydrogen-bond acceptors (Lipinski definition) is 8. The van der Waals surface area contributed by atoms with Crippen LogP contribution >= 0.6 is 0 Å². The van der Waals surface area contributed by atoms with E-state index in [1.807, 2.05) is 34.2 Å². The summed E-state index contributed by atoms with van der Waals surface area (Å²) in [4.78, 5) is 49.8. The van der Waals surface area contributed by atoms with E-state index in [2.05, 4.69) is 31.2 Å². The quantitative estimate of drug-likeness (QED) is 0.251. The van der Waals surface area contributed by atoms with Crippen LogP contribution in [0.4, 0.5) is 0 Å². The van der Waals surface area contributed by atoms with Gasteiger partial charge in [-0.1, -0.05) is 0 Å². The number of aromatic nitrogens is 6. The Kier molecular flexibility index (Phi) is 7.60. The number of methoxy groups -OCH3 is 1. The predicted molar refractivity (Wildman–Crippen MR) is 189 cm³/mol. The van der Waals surface area contributed by atoms with Gasteiger partial charge in [-0.05, 0) is 99.6 Å². The molecule has 4 aromatic heterocycles. The van der Waals surface area contributed by atoms with Crippen LogP contribution in [0.3, 0.4) is 0 Å². The second-order valence-electron chi connectivity index (χ2n) is 14.8. The number of hydrogen-bond donors (Lipinski definition) is 1. The molecule has 0 unspecified atom stereocenters. The Bertz CT molecular complexity index is 2130. The molecule has 2 bridgehead atoms. The van der Waals surface area contributed by atoms with Crippen molar-refractivity contribution in [2.75, 3.05) is 26.7 Å². The third-order valence-electron chi connectivity index (χ3n) is 11.5. The highest BCUT2D eigenvalue weighted by Crippen LogP contribution is 2.41. The van der Waals surface area contributed by atoms with Crippen molar-refractivity contribution >= 4 is 33.9 Å². The Morgan fingerprint density at radius 3 is 2.42 bits per heavy atom. The maximum Gasteiger partial charge on any atom is 0.272 e. The van der Waals surface area contributed by atoms with Crippen LogP contribution in [0.1, 0.15) is 65.2 Å². The number of fused-ring (bicyclic) bond motifs is 4. The molecule has 0 radical (unpaired) electrons. The fraction of sp³-hybridized carbons (Fsp3) is 0.474. The van der Waals surface area contributed by atoms with Crippen molar-refractivity contribution in [1.29, 1.82) is 0 Å². The van der Waals surface area contributed by atoms with E-state index in [0.29, 0.717) is 66.8 Å². The van der Waals surface area contributed by atoms with Gasteiger partial charge in [-0.15, -0.1) is 0 Å². The highest BCUT2D eigenvalue weighted by Gasteiger charge is 2.47. The van der Waals surface area contributed by atoms with Gasteiger partial charge in [0.1, 0.15) is 28.4 Å². The highest BCUT2D eigenvalue weighted by molar-refractivity contribution is 6.00. The molecule has 6 heterocycles. The fourth-order valence-corrected chi connectivity index (χ4v) is 8.66. The highest BCUT2D eigenvalue weighted by atomic mass is 16.5. The lowest BCUT2D eigenvalue weighted by molar-refractivity contribution is 0.0674. The summed E-state index contributed by atoms with van der Waals surface area (Å²) in [6.45, 7) is 5.40. The summed E-state index contributed by atoms with van der Waals surface area (Å²) in [5.41, 5.74) is 11.1. The molecular weight excluding hydrogens is 630 g/mol. The lowest BCUT2D eigenvalue weighted by Gasteiger charge is -2.32. The first kappa shape index (κ1) is 31.2. The van der Waals surface area contributed by atoms with Gasteiger partial charge in [0.15, 0.2) is 5.82 Å². The Balaban J connectivity index is 1.10. The zero-order chi connectivity index (χ0) is 34.1. The van der Waals surface area contributed by atoms with Crippen LogP contribution < -0.4 is 10.5 Å². The van der Waals surface area contributed by atoms with Crippen LogP contribution in [0, 0.1) is 24.7 Å². The molecule has 2 saturated carbocycles. The number of ether oxygens (including phenoxy) is 1. The van der Waals surface area contributed by atoms with E-state index in [1.54, 1.807) is 26.3 Å². The number of nitrogens with zero attached hydrogens (tertiary/aromatic N) is 8. The van der Waals surface area contributed by atoms with E-state index in [4.69, 9.17) is 20.4 Å². The van der Waals surface area contributed by atoms with Crippen molar-refractivity contribution < 1.29 is 14.3 Å². The maximum atomic E-state index is 14.0. The lowest BCUT2D eigenvalue weighted by Crippen LogP contribution is -2.41. The SMILES string of the molecule is COc1cc(C(=O)N2C[C@H]3CC[C@@H]2[C@@H]3N)cc2nc(-c3cc4cccnc4n3CC3CC3)n(CC3CCN(C(=O)c4ccnc(C)n4)CC3)c12. The zero-order valence-electron chi connectivity index (χ0n) is 28.7. The minimum atomic E-state index is -0.0501. The number of carbonyl (C=O) groups is 2. The Labute approximate surface area is 290 Å². The number of aryl methyl sites for hydroxylation is 1. The van der Waals surface area contributed by atoms with Crippen LogP contribution in [0.15, 0.2) is 48.8 Å². The van der Waals surface area contributed by atoms with E-state index in [9.17, 15) is 9.59 Å². The number of pyridine rings is 1. The van der Waals surface area contributed by atoms with E-state index in [-0.39, 0.29) is 23.9 Å². The van der Waals surface area contributed by atoms with Gasteiger partial charge in [0.05, 0.1) is 18.3 Å². The van der Waals surface area contributed by atoms with E-state index in [1.165, 1.54) is 12.8 Å². The fourth-order valence-electron chi connectivity index (χ4n) is 8.66. The summed E-state index contributed by atoms with van der Waals surface area (Å²) in [5.74, 6) is 3.31. The van der Waals surface area contributed by atoms with Gasteiger partial charge in [-0.25, -0.2) is 19.9 Å². The third-order valence-corrected chi connectivity index (χ3v) is 11.5. The molecule has 258 valence electrons. The minimum Gasteiger partial charge on any atom is -0.494 e. The molecule has 2 saturated heterocycles. The molecular formula is C38H43N9O3. The summed E-state index contributed by atoms with van der Waals surface area (Å²) in [6.07, 6.45) is 9.67. The summed E-state index contributed by atoms with van der Waals surface area (Å²) in [6, 6.07) is 11.9. The molecule has 0 spiro atoms. The predicted octanol–water partition coefficient (Wildman–Crippen LogP) is 4.68. The van der Waals surface area contributed by atoms with Crippen LogP contribution in [0.2, 0.25) is 0 Å². The summed E-state index contributed by atoms with van der Waals surface area (Å²) in [5, 5.41) is 1.08. The number of benzene rings is 1. The molecule has 2 aliphatic heterocycles. The molecule has 5 aromatic rings. The number of carbonyl (C=O) groups excluding carboxylic acids is 2. The van der Waals surface area contributed by atoms with Gasteiger partial charge in [-0.2, -0.15) is 0 Å². The average molecular weight is 674 g/mol. The Hall–Kier alpha value is -4.84. The molecule has 2 aliphatic carbocycles. The van der Waals surface area contributed by atoms with Crippen LogP contribution in [-0.2, 0) is 13.1 Å². The molecule has 9 rings (SSSR count). The third kappa shape index (κ3) is 5.31. The molecule has 4 fully saturated rings. The smallest absolute Gasteiger partial charge is 0.272 e. The van der Waals surface area contributed by atoms with E-state index >= 15 is 0 Å². The number of likely N-dealkylation sites (tertiary alicyclic amines) is 2. The second-order valence-corrected chi connectivity index (χ2v) is 14.8. The van der Waals surface area contributed by atoms with Crippen LogP contribution in [0.5, 0.6) is 5.75 Å². The van der Waals surface area contributed by atoms with Gasteiger partial charge in [0, 0.05) is 68.2 Å². The second kappa shape index (κ2) is 12.2. The standard InChI is InChI=1S/C38H43N9O3/c1-22-40-13-9-28(42-22)38(49)44-14-10-24(11-15-44)20-47-34-29(16-27(18-32(34)50-2)37(48)46-21-26-7-8-30(46)33(26)39)43-36(47)31-17-25-4-3-12-41-35(25)45(31)19-23-5-6-23/h3-4,9,12-13,16-18,23-24,26,30,33H,5-8,10-11,14-15,19-21,39H2,1-2H3/t26-,30-,33-/m1/s1. The number of imidazole rings is 1. The van der Waals surface area contributed by atoms with Gasteiger partial charge >= 0.3 is 0 Å². The summed E-state index contributed by atoms with van der Waals surface area (Å²) < 4.78 is 10.7. The summed E-state index contributed by atoms with van der Waals surface area (Å²) in [7, 11) is 1.67. The van der Waals surface area contributed by atoms with Crippen LogP contribution in [-0.4, -0.2) is 89.5 Å². The first-order chi connectivity index (χ1) is 24.4. The normalized spacial score (nSPS) is 22.3. The molecule has 12 nitrogen and oxygen atoms in total. The number of rotatable bonds is 8. The average Bonchev–Trinajstić information content (AvgIpc) is 3.50. The zero-order valence-corrected chi connectivity index (χ0v) is 28.7. The largest absolute Gasteiger partial charge is 0.494 e. The number of nitrogens with two attached hydrogens (primary N) is 1. The first-order valence-electron chi connectivity index (χ1n) is 18.0. The minimum absolute atomic E-state index is 0.00748. The van der Waals surface area contributed by atoms with Crippen molar-refractivity contribution in [3.8, 4) is 17.3 Å². The molecule has 1 aromatic carbocycles. The maximum absolute atomic E-state index is 14.0. The molecule has 2 N–H and O–H groups in total. The monoisotopic (exact) mass is 673 g/mol. The summed E-state index contributed by atoms with van der Waals surface area (Å²) >= 11 is 0. The van der Waals surface area contributed by atoms with Gasteiger partial charge in [0.2, 0.25) is 0 Å². The molecule has 12 heteroatoms. The van der Waals surface area contributed by atoms with Gasteiger partial charge < -0.3 is 29.4 Å².